The van der Waals surface area contributed by atoms with Gasteiger partial charge in [-0.15, -0.1) is 0 Å². The van der Waals surface area contributed by atoms with Crippen molar-refractivity contribution in [1.29, 1.82) is 5.41 Å². The Morgan fingerprint density at radius 3 is 2.68 bits per heavy atom. The number of hydrogen-bond donors (Lipinski definition) is 3. The first-order valence-electron chi connectivity index (χ1n) is 7.37. The van der Waals surface area contributed by atoms with Crippen LogP contribution in [-0.2, 0) is 0 Å². The molecule has 114 valence electrons. The Kier molecular flexibility index (Phi) is 3.90. The standard InChI is InChI=1S/C17H19FN4/c1-21-16(11-4-5-12(9-19)14(20)8-11)15-7-6-13(10-2-3-10)17(18)22-15/h4-10,16,19,21H,2-3,20H2,1H3. The summed E-state index contributed by atoms with van der Waals surface area (Å²) in [6.45, 7) is 0. The highest BCUT2D eigenvalue weighted by Crippen LogP contribution is 2.41. The van der Waals surface area contributed by atoms with Gasteiger partial charge in [0.15, 0.2) is 0 Å². The van der Waals surface area contributed by atoms with Crippen LogP contribution in [-0.4, -0.2) is 18.2 Å². The Bertz CT molecular complexity index is 710. The van der Waals surface area contributed by atoms with E-state index in [9.17, 15) is 4.39 Å². The van der Waals surface area contributed by atoms with Crippen LogP contribution in [0.5, 0.6) is 0 Å². The molecule has 2 aromatic rings. The predicted octanol–water partition coefficient (Wildman–Crippen LogP) is 2.99. The average molecular weight is 298 g/mol. The van der Waals surface area contributed by atoms with Crippen molar-refractivity contribution >= 4 is 11.9 Å². The third-order valence-electron chi connectivity index (χ3n) is 4.10. The Hall–Kier alpha value is -2.27. The van der Waals surface area contributed by atoms with Crippen LogP contribution in [0.15, 0.2) is 30.3 Å². The summed E-state index contributed by atoms with van der Waals surface area (Å²) in [5, 5.41) is 10.4. The summed E-state index contributed by atoms with van der Waals surface area (Å²) >= 11 is 0. The van der Waals surface area contributed by atoms with E-state index in [4.69, 9.17) is 11.1 Å². The van der Waals surface area contributed by atoms with Gasteiger partial charge in [-0.3, -0.25) is 0 Å². The van der Waals surface area contributed by atoms with Crippen molar-refractivity contribution in [3.63, 3.8) is 0 Å². The largest absolute Gasteiger partial charge is 0.398 e. The summed E-state index contributed by atoms with van der Waals surface area (Å²) < 4.78 is 14.2. The summed E-state index contributed by atoms with van der Waals surface area (Å²) in [6, 6.07) is 8.96. The molecule has 1 aliphatic rings. The van der Waals surface area contributed by atoms with Gasteiger partial charge in [-0.1, -0.05) is 18.2 Å². The highest BCUT2D eigenvalue weighted by Gasteiger charge is 2.28. The van der Waals surface area contributed by atoms with Crippen molar-refractivity contribution < 1.29 is 4.39 Å². The van der Waals surface area contributed by atoms with Crippen molar-refractivity contribution in [3.05, 3.63) is 58.7 Å². The zero-order valence-electron chi connectivity index (χ0n) is 12.4. The average Bonchev–Trinajstić information content (AvgIpc) is 3.33. The van der Waals surface area contributed by atoms with Gasteiger partial charge in [0.25, 0.3) is 0 Å². The summed E-state index contributed by atoms with van der Waals surface area (Å²) in [4.78, 5) is 4.14. The smallest absolute Gasteiger partial charge is 0.216 e. The minimum absolute atomic E-state index is 0.232. The molecular weight excluding hydrogens is 279 g/mol. The van der Waals surface area contributed by atoms with E-state index in [1.807, 2.05) is 18.2 Å². The highest BCUT2D eigenvalue weighted by atomic mass is 19.1. The molecule has 1 atom stereocenters. The first kappa shape index (κ1) is 14.7. The number of aromatic nitrogens is 1. The lowest BCUT2D eigenvalue weighted by atomic mass is 10.00. The molecule has 0 radical (unpaired) electrons. The maximum Gasteiger partial charge on any atom is 0.216 e. The van der Waals surface area contributed by atoms with E-state index in [0.717, 1.165) is 24.0 Å². The minimum atomic E-state index is -0.371. The van der Waals surface area contributed by atoms with Gasteiger partial charge < -0.3 is 16.5 Å². The quantitative estimate of drug-likeness (QED) is 0.451. The fraction of sp³-hybridized carbons (Fsp3) is 0.294. The van der Waals surface area contributed by atoms with E-state index < -0.39 is 0 Å². The van der Waals surface area contributed by atoms with E-state index >= 15 is 0 Å². The fourth-order valence-corrected chi connectivity index (χ4v) is 2.71. The van der Waals surface area contributed by atoms with Crippen molar-refractivity contribution in [2.75, 3.05) is 12.8 Å². The lowest BCUT2D eigenvalue weighted by Gasteiger charge is -2.18. The third kappa shape index (κ3) is 2.72. The number of halogens is 1. The molecule has 1 aromatic heterocycles. The molecule has 3 rings (SSSR count). The minimum Gasteiger partial charge on any atom is -0.398 e. The van der Waals surface area contributed by atoms with Crippen molar-refractivity contribution in [1.82, 2.24) is 10.3 Å². The van der Waals surface area contributed by atoms with Gasteiger partial charge in [-0.2, -0.15) is 4.39 Å². The van der Waals surface area contributed by atoms with Gasteiger partial charge in [0.1, 0.15) is 0 Å². The number of nitrogens with one attached hydrogen (secondary N) is 2. The van der Waals surface area contributed by atoms with Gasteiger partial charge >= 0.3 is 0 Å². The topological polar surface area (TPSA) is 74.8 Å². The molecule has 1 heterocycles. The number of pyridine rings is 1. The normalized spacial score (nSPS) is 15.5. The Balaban J connectivity index is 1.95. The van der Waals surface area contributed by atoms with E-state index in [1.165, 1.54) is 6.21 Å². The van der Waals surface area contributed by atoms with Gasteiger partial charge in [0, 0.05) is 23.0 Å². The number of hydrogen-bond acceptors (Lipinski definition) is 4. The molecule has 1 unspecified atom stereocenters. The molecule has 0 saturated heterocycles. The van der Waals surface area contributed by atoms with Crippen LogP contribution in [0.4, 0.5) is 10.1 Å². The van der Waals surface area contributed by atoms with Gasteiger partial charge in [-0.05, 0) is 43.5 Å². The molecule has 22 heavy (non-hydrogen) atoms. The van der Waals surface area contributed by atoms with Gasteiger partial charge in [0.05, 0.1) is 11.7 Å². The second kappa shape index (κ2) is 5.85. The maximum absolute atomic E-state index is 14.2. The Labute approximate surface area is 129 Å². The van der Waals surface area contributed by atoms with Crippen LogP contribution in [0.3, 0.4) is 0 Å². The zero-order chi connectivity index (χ0) is 15.7. The second-order valence-electron chi connectivity index (χ2n) is 5.64. The number of nitrogens with two attached hydrogens (primary N) is 1. The third-order valence-corrected chi connectivity index (χ3v) is 4.10. The first-order chi connectivity index (χ1) is 10.6. The molecule has 1 saturated carbocycles. The molecule has 0 amide bonds. The number of nitrogens with zero attached hydrogens (tertiary/aromatic N) is 1. The van der Waals surface area contributed by atoms with E-state index in [0.29, 0.717) is 22.9 Å². The monoisotopic (exact) mass is 298 g/mol. The lowest BCUT2D eigenvalue weighted by Crippen LogP contribution is -2.20. The van der Waals surface area contributed by atoms with Crippen LogP contribution in [0.1, 0.15) is 47.2 Å². The number of anilines is 1. The van der Waals surface area contributed by atoms with Crippen LogP contribution in [0.25, 0.3) is 0 Å². The lowest BCUT2D eigenvalue weighted by molar-refractivity contribution is 0.547. The summed E-state index contributed by atoms with van der Waals surface area (Å²) in [7, 11) is 1.81. The first-order valence-corrected chi connectivity index (χ1v) is 7.37. The van der Waals surface area contributed by atoms with Gasteiger partial charge in [-0.25, -0.2) is 4.98 Å². The van der Waals surface area contributed by atoms with Crippen LogP contribution < -0.4 is 11.1 Å². The Morgan fingerprint density at radius 1 is 1.36 bits per heavy atom. The fourth-order valence-electron chi connectivity index (χ4n) is 2.71. The molecule has 0 aliphatic heterocycles. The predicted molar refractivity (Wildman–Crippen MR) is 85.8 cm³/mol. The SMILES string of the molecule is CNC(c1ccc(C=N)c(N)c1)c1ccc(C2CC2)c(F)n1. The van der Waals surface area contributed by atoms with Crippen LogP contribution in [0.2, 0.25) is 0 Å². The molecule has 4 N–H and O–H groups in total. The molecular formula is C17H19FN4. The maximum atomic E-state index is 14.2. The molecule has 0 spiro atoms. The molecule has 5 heteroatoms. The number of nitrogen functional groups attached to an aromatic ring is 1. The zero-order valence-corrected chi connectivity index (χ0v) is 12.4. The van der Waals surface area contributed by atoms with Crippen molar-refractivity contribution in [3.8, 4) is 0 Å². The second-order valence-corrected chi connectivity index (χ2v) is 5.64. The number of benzene rings is 1. The molecule has 1 fully saturated rings. The molecule has 4 nitrogen and oxygen atoms in total. The van der Waals surface area contributed by atoms with Crippen molar-refractivity contribution in [2.24, 2.45) is 0 Å². The summed E-state index contributed by atoms with van der Waals surface area (Å²) in [5.41, 5.74) is 9.38. The van der Waals surface area contributed by atoms with E-state index in [2.05, 4.69) is 10.3 Å². The highest BCUT2D eigenvalue weighted by molar-refractivity contribution is 5.85. The Morgan fingerprint density at radius 2 is 2.14 bits per heavy atom. The van der Waals surface area contributed by atoms with Crippen LogP contribution >= 0.6 is 0 Å². The van der Waals surface area contributed by atoms with Crippen LogP contribution in [0, 0.1) is 11.4 Å². The van der Waals surface area contributed by atoms with Gasteiger partial charge in [0.2, 0.25) is 5.95 Å². The molecule has 0 bridgehead atoms. The summed E-state index contributed by atoms with van der Waals surface area (Å²) in [6.07, 6.45) is 3.32. The summed E-state index contributed by atoms with van der Waals surface area (Å²) in [5.74, 6) is -0.0264. The van der Waals surface area contributed by atoms with Crippen molar-refractivity contribution in [2.45, 2.75) is 24.8 Å². The number of rotatable bonds is 5. The van der Waals surface area contributed by atoms with E-state index in [-0.39, 0.29) is 12.0 Å². The molecule has 1 aromatic carbocycles. The molecule has 1 aliphatic carbocycles. The van der Waals surface area contributed by atoms with E-state index in [1.54, 1.807) is 19.2 Å².